The zero-order valence-corrected chi connectivity index (χ0v) is 11.7. The van der Waals surface area contributed by atoms with Gasteiger partial charge >= 0.3 is 6.18 Å². The van der Waals surface area contributed by atoms with E-state index in [9.17, 15) is 18.0 Å². The molecule has 0 radical (unpaired) electrons. The van der Waals surface area contributed by atoms with Crippen LogP contribution >= 0.6 is 11.8 Å². The predicted molar refractivity (Wildman–Crippen MR) is 75.6 cm³/mol. The van der Waals surface area contributed by atoms with Crippen molar-refractivity contribution in [3.63, 3.8) is 0 Å². The number of benzene rings is 1. The molecule has 0 saturated carbocycles. The lowest BCUT2D eigenvalue weighted by Gasteiger charge is -2.15. The minimum absolute atomic E-state index is 0.0624. The molecule has 0 saturated heterocycles. The SMILES string of the molecule is O=c1ccc(C(F)(F)F)cn1CC1CSc2ccccc21. The fourth-order valence-corrected chi connectivity index (χ4v) is 3.70. The van der Waals surface area contributed by atoms with Gasteiger partial charge in [-0.2, -0.15) is 13.2 Å². The van der Waals surface area contributed by atoms with E-state index >= 15 is 0 Å². The molecule has 2 nitrogen and oxygen atoms in total. The van der Waals surface area contributed by atoms with Crippen molar-refractivity contribution >= 4 is 11.8 Å². The van der Waals surface area contributed by atoms with Gasteiger partial charge in [0.25, 0.3) is 5.56 Å². The summed E-state index contributed by atoms with van der Waals surface area (Å²) in [6, 6.07) is 9.62. The smallest absolute Gasteiger partial charge is 0.314 e. The van der Waals surface area contributed by atoms with Gasteiger partial charge in [-0.25, -0.2) is 0 Å². The zero-order valence-electron chi connectivity index (χ0n) is 10.9. The van der Waals surface area contributed by atoms with Gasteiger partial charge in [-0.05, 0) is 17.7 Å². The van der Waals surface area contributed by atoms with Crippen LogP contribution in [0, 0.1) is 0 Å². The van der Waals surface area contributed by atoms with E-state index in [1.54, 1.807) is 11.8 Å². The summed E-state index contributed by atoms with van der Waals surface area (Å²) < 4.78 is 39.4. The van der Waals surface area contributed by atoms with Gasteiger partial charge < -0.3 is 4.57 Å². The molecule has 2 aromatic rings. The van der Waals surface area contributed by atoms with E-state index in [4.69, 9.17) is 0 Å². The number of thioether (sulfide) groups is 1. The van der Waals surface area contributed by atoms with Crippen molar-refractivity contribution in [1.29, 1.82) is 0 Å². The first-order valence-corrected chi connectivity index (χ1v) is 7.43. The Balaban J connectivity index is 1.91. The number of nitrogens with zero attached hydrogens (tertiary/aromatic N) is 1. The molecular formula is C15H12F3NOS. The van der Waals surface area contributed by atoms with Gasteiger partial charge in [0.2, 0.25) is 0 Å². The van der Waals surface area contributed by atoms with Crippen LogP contribution in [0.25, 0.3) is 0 Å². The third-order valence-electron chi connectivity index (χ3n) is 3.53. The maximum Gasteiger partial charge on any atom is 0.417 e. The molecule has 1 atom stereocenters. The van der Waals surface area contributed by atoms with Gasteiger partial charge in [0.15, 0.2) is 0 Å². The van der Waals surface area contributed by atoms with Crippen molar-refractivity contribution in [3.05, 3.63) is 64.1 Å². The number of alkyl halides is 3. The Hall–Kier alpha value is -1.69. The van der Waals surface area contributed by atoms with Crippen LogP contribution < -0.4 is 5.56 Å². The van der Waals surface area contributed by atoms with Crippen LogP contribution in [0.1, 0.15) is 17.0 Å². The van der Waals surface area contributed by atoms with Crippen molar-refractivity contribution in [2.75, 3.05) is 5.75 Å². The second-order valence-electron chi connectivity index (χ2n) is 4.95. The molecule has 1 aliphatic heterocycles. The molecule has 0 fully saturated rings. The van der Waals surface area contributed by atoms with E-state index in [-0.39, 0.29) is 12.5 Å². The van der Waals surface area contributed by atoms with Gasteiger partial charge in [-0.15, -0.1) is 11.8 Å². The highest BCUT2D eigenvalue weighted by Gasteiger charge is 2.31. The Kier molecular flexibility index (Phi) is 3.57. The highest BCUT2D eigenvalue weighted by molar-refractivity contribution is 7.99. The van der Waals surface area contributed by atoms with Crippen LogP contribution in [0.4, 0.5) is 13.2 Å². The molecule has 110 valence electrons. The molecule has 21 heavy (non-hydrogen) atoms. The molecule has 0 N–H and O–H groups in total. The van der Waals surface area contributed by atoms with Crippen LogP contribution in [-0.4, -0.2) is 10.3 Å². The summed E-state index contributed by atoms with van der Waals surface area (Å²) in [5.41, 5.74) is -0.0924. The summed E-state index contributed by atoms with van der Waals surface area (Å²) >= 11 is 1.67. The van der Waals surface area contributed by atoms with Crippen LogP contribution in [0.5, 0.6) is 0 Å². The predicted octanol–water partition coefficient (Wildman–Crippen LogP) is 3.76. The third kappa shape index (κ3) is 2.85. The molecule has 0 amide bonds. The lowest BCUT2D eigenvalue weighted by molar-refractivity contribution is -0.138. The second kappa shape index (κ2) is 5.26. The normalized spacial score (nSPS) is 17.8. The Morgan fingerprint density at radius 1 is 1.19 bits per heavy atom. The lowest BCUT2D eigenvalue weighted by Crippen LogP contribution is -2.24. The number of pyridine rings is 1. The fourth-order valence-electron chi connectivity index (χ4n) is 2.46. The van der Waals surface area contributed by atoms with E-state index in [0.717, 1.165) is 39.1 Å². The quantitative estimate of drug-likeness (QED) is 0.842. The molecule has 1 aliphatic rings. The minimum Gasteiger partial charge on any atom is -0.314 e. The first-order chi connectivity index (χ1) is 9.95. The number of aromatic nitrogens is 1. The summed E-state index contributed by atoms with van der Waals surface area (Å²) in [5.74, 6) is 0.842. The van der Waals surface area contributed by atoms with Crippen molar-refractivity contribution in [1.82, 2.24) is 4.57 Å². The van der Waals surface area contributed by atoms with Gasteiger partial charge in [-0.1, -0.05) is 18.2 Å². The Bertz CT molecular complexity index is 723. The molecule has 0 bridgehead atoms. The van der Waals surface area contributed by atoms with Crippen LogP contribution in [0.3, 0.4) is 0 Å². The van der Waals surface area contributed by atoms with Crippen molar-refractivity contribution < 1.29 is 13.2 Å². The van der Waals surface area contributed by atoms with E-state index in [0.29, 0.717) is 0 Å². The standard InChI is InChI=1S/C15H12F3NOS/c16-15(17,18)11-5-6-14(20)19(8-11)7-10-9-21-13-4-2-1-3-12(10)13/h1-6,8,10H,7,9H2. The maximum absolute atomic E-state index is 12.7. The summed E-state index contributed by atoms with van der Waals surface area (Å²) in [6.45, 7) is 0.271. The van der Waals surface area contributed by atoms with Crippen molar-refractivity contribution in [3.8, 4) is 0 Å². The van der Waals surface area contributed by atoms with Gasteiger partial charge in [0, 0.05) is 35.4 Å². The molecule has 6 heteroatoms. The fraction of sp³-hybridized carbons (Fsp3) is 0.267. The average molecular weight is 311 g/mol. The van der Waals surface area contributed by atoms with Crippen LogP contribution in [0.15, 0.2) is 52.3 Å². The first kappa shape index (κ1) is 14.3. The second-order valence-corrected chi connectivity index (χ2v) is 6.01. The Labute approximate surface area is 123 Å². The molecule has 3 rings (SSSR count). The minimum atomic E-state index is -4.43. The molecule has 2 heterocycles. The van der Waals surface area contributed by atoms with Crippen molar-refractivity contribution in [2.45, 2.75) is 23.5 Å². The number of fused-ring (bicyclic) bond motifs is 1. The summed E-state index contributed by atoms with van der Waals surface area (Å²) in [4.78, 5) is 12.9. The molecule has 1 aromatic carbocycles. The summed E-state index contributed by atoms with van der Waals surface area (Å²) in [6.07, 6.45) is -3.52. The number of rotatable bonds is 2. The Morgan fingerprint density at radius 2 is 1.95 bits per heavy atom. The highest BCUT2D eigenvalue weighted by Crippen LogP contribution is 2.40. The number of hydrogen-bond acceptors (Lipinski definition) is 2. The van der Waals surface area contributed by atoms with E-state index in [1.807, 2.05) is 24.3 Å². The zero-order chi connectivity index (χ0) is 15.0. The average Bonchev–Trinajstić information content (AvgIpc) is 2.83. The Morgan fingerprint density at radius 3 is 2.71 bits per heavy atom. The highest BCUT2D eigenvalue weighted by atomic mass is 32.2. The molecule has 1 unspecified atom stereocenters. The first-order valence-electron chi connectivity index (χ1n) is 6.44. The van der Waals surface area contributed by atoms with Crippen molar-refractivity contribution in [2.24, 2.45) is 0 Å². The van der Waals surface area contributed by atoms with Gasteiger partial charge in [-0.3, -0.25) is 4.79 Å². The molecule has 0 aliphatic carbocycles. The lowest BCUT2D eigenvalue weighted by atomic mass is 10.0. The third-order valence-corrected chi connectivity index (χ3v) is 4.78. The number of halogens is 3. The van der Waals surface area contributed by atoms with Crippen LogP contribution in [0.2, 0.25) is 0 Å². The molecular weight excluding hydrogens is 299 g/mol. The maximum atomic E-state index is 12.7. The van der Waals surface area contributed by atoms with Crippen LogP contribution in [-0.2, 0) is 12.7 Å². The van der Waals surface area contributed by atoms with Gasteiger partial charge in [0.05, 0.1) is 5.56 Å². The van der Waals surface area contributed by atoms with Gasteiger partial charge in [0.1, 0.15) is 0 Å². The topological polar surface area (TPSA) is 22.0 Å². The largest absolute Gasteiger partial charge is 0.417 e. The van der Waals surface area contributed by atoms with E-state index < -0.39 is 17.3 Å². The summed E-state index contributed by atoms with van der Waals surface area (Å²) in [5, 5.41) is 0. The van der Waals surface area contributed by atoms with E-state index in [2.05, 4.69) is 0 Å². The summed E-state index contributed by atoms with van der Waals surface area (Å²) in [7, 11) is 0. The number of hydrogen-bond donors (Lipinski definition) is 0. The van der Waals surface area contributed by atoms with E-state index in [1.165, 1.54) is 0 Å². The monoisotopic (exact) mass is 311 g/mol. The molecule has 1 aromatic heterocycles. The molecule has 0 spiro atoms.